The smallest absolute Gasteiger partial charge is 0.147 e. The second-order valence-electron chi connectivity index (χ2n) is 3.91. The highest BCUT2D eigenvalue weighted by Crippen LogP contribution is 2.21. The molecule has 3 nitrogen and oxygen atoms in total. The summed E-state index contributed by atoms with van der Waals surface area (Å²) in [5, 5.41) is 0.508. The van der Waals surface area contributed by atoms with Gasteiger partial charge in [0.15, 0.2) is 0 Å². The van der Waals surface area contributed by atoms with Gasteiger partial charge in [0.2, 0.25) is 0 Å². The maximum absolute atomic E-state index is 5.85. The molecule has 1 aromatic heterocycles. The number of rotatable bonds is 2. The summed E-state index contributed by atoms with van der Waals surface area (Å²) in [5.41, 5.74) is 7.95. The minimum Gasteiger partial charge on any atom is -0.332 e. The second-order valence-corrected chi connectivity index (χ2v) is 4.30. The van der Waals surface area contributed by atoms with Crippen molar-refractivity contribution in [2.45, 2.75) is 13.0 Å². The summed E-state index contributed by atoms with van der Waals surface area (Å²) in [7, 11) is 1.92. The van der Waals surface area contributed by atoms with Crippen molar-refractivity contribution in [3.8, 4) is 11.4 Å². The Balaban J connectivity index is 2.38. The van der Waals surface area contributed by atoms with Crippen molar-refractivity contribution in [3.63, 3.8) is 0 Å². The quantitative estimate of drug-likeness (QED) is 0.870. The Morgan fingerprint density at radius 3 is 2.38 bits per heavy atom. The number of hydrogen-bond acceptors (Lipinski definition) is 2. The number of aryl methyl sites for hydroxylation is 1. The molecule has 1 aromatic carbocycles. The van der Waals surface area contributed by atoms with E-state index in [0.29, 0.717) is 5.15 Å². The van der Waals surface area contributed by atoms with Crippen LogP contribution in [0.1, 0.15) is 18.5 Å². The molecule has 16 heavy (non-hydrogen) atoms. The van der Waals surface area contributed by atoms with Crippen LogP contribution in [0, 0.1) is 0 Å². The average molecular weight is 236 g/mol. The highest BCUT2D eigenvalue weighted by Gasteiger charge is 2.06. The first-order valence-corrected chi connectivity index (χ1v) is 5.50. The second kappa shape index (κ2) is 4.28. The van der Waals surface area contributed by atoms with Gasteiger partial charge in [0.05, 0.1) is 0 Å². The van der Waals surface area contributed by atoms with Crippen LogP contribution in [0.25, 0.3) is 11.4 Å². The van der Waals surface area contributed by atoms with Gasteiger partial charge in [0.25, 0.3) is 0 Å². The van der Waals surface area contributed by atoms with Crippen molar-refractivity contribution in [1.82, 2.24) is 9.55 Å². The Morgan fingerprint density at radius 2 is 1.94 bits per heavy atom. The zero-order valence-electron chi connectivity index (χ0n) is 9.31. The van der Waals surface area contributed by atoms with Crippen LogP contribution in [0.15, 0.2) is 30.5 Å². The minimum absolute atomic E-state index is 0.0546. The first-order valence-electron chi connectivity index (χ1n) is 5.12. The first kappa shape index (κ1) is 11.2. The zero-order valence-corrected chi connectivity index (χ0v) is 10.1. The SMILES string of the molecule is CC(N)c1ccc(-c2nc(Cl)cn2C)cc1. The van der Waals surface area contributed by atoms with Crippen molar-refractivity contribution in [2.75, 3.05) is 0 Å². The van der Waals surface area contributed by atoms with Crippen LogP contribution >= 0.6 is 11.6 Å². The van der Waals surface area contributed by atoms with E-state index in [-0.39, 0.29) is 6.04 Å². The van der Waals surface area contributed by atoms with E-state index in [1.165, 1.54) is 0 Å². The molecule has 0 bridgehead atoms. The molecule has 0 saturated heterocycles. The summed E-state index contributed by atoms with van der Waals surface area (Å²) in [6, 6.07) is 8.11. The van der Waals surface area contributed by atoms with E-state index in [1.54, 1.807) is 6.20 Å². The number of aromatic nitrogens is 2. The van der Waals surface area contributed by atoms with Crippen LogP contribution in [0.2, 0.25) is 5.15 Å². The lowest BCUT2D eigenvalue weighted by Gasteiger charge is -2.06. The monoisotopic (exact) mass is 235 g/mol. The molecular formula is C12H14ClN3. The third kappa shape index (κ3) is 2.10. The van der Waals surface area contributed by atoms with Gasteiger partial charge in [0.1, 0.15) is 11.0 Å². The van der Waals surface area contributed by atoms with E-state index in [9.17, 15) is 0 Å². The van der Waals surface area contributed by atoms with Crippen molar-refractivity contribution in [1.29, 1.82) is 0 Å². The number of benzene rings is 1. The third-order valence-corrected chi connectivity index (χ3v) is 2.72. The molecule has 0 aliphatic carbocycles. The summed E-state index contributed by atoms with van der Waals surface area (Å²) in [6.45, 7) is 1.96. The molecule has 1 unspecified atom stereocenters. The molecule has 2 aromatic rings. The average Bonchev–Trinajstić information content (AvgIpc) is 2.58. The number of nitrogens with two attached hydrogens (primary N) is 1. The molecule has 0 aliphatic rings. The normalized spacial score (nSPS) is 12.8. The summed E-state index contributed by atoms with van der Waals surface area (Å²) in [4.78, 5) is 4.25. The molecule has 0 saturated carbocycles. The number of nitrogens with zero attached hydrogens (tertiary/aromatic N) is 2. The minimum atomic E-state index is 0.0546. The maximum atomic E-state index is 5.85. The fourth-order valence-corrected chi connectivity index (χ4v) is 1.86. The topological polar surface area (TPSA) is 43.8 Å². The van der Waals surface area contributed by atoms with Gasteiger partial charge in [-0.25, -0.2) is 4.98 Å². The molecule has 84 valence electrons. The third-order valence-electron chi connectivity index (χ3n) is 2.54. The molecule has 4 heteroatoms. The van der Waals surface area contributed by atoms with Crippen LogP contribution < -0.4 is 5.73 Å². The number of imidazole rings is 1. The summed E-state index contributed by atoms with van der Waals surface area (Å²) >= 11 is 5.85. The maximum Gasteiger partial charge on any atom is 0.147 e. The molecule has 0 fully saturated rings. The lowest BCUT2D eigenvalue weighted by Crippen LogP contribution is -2.04. The number of halogens is 1. The summed E-state index contributed by atoms with van der Waals surface area (Å²) in [6.07, 6.45) is 1.79. The fraction of sp³-hybridized carbons (Fsp3) is 0.250. The highest BCUT2D eigenvalue weighted by atomic mass is 35.5. The lowest BCUT2D eigenvalue weighted by molar-refractivity contribution is 0.818. The molecule has 1 heterocycles. The van der Waals surface area contributed by atoms with Crippen LogP contribution in [-0.2, 0) is 7.05 Å². The molecular weight excluding hydrogens is 222 g/mol. The first-order chi connectivity index (χ1) is 7.58. The van der Waals surface area contributed by atoms with Crippen molar-refractivity contribution in [3.05, 3.63) is 41.2 Å². The van der Waals surface area contributed by atoms with Gasteiger partial charge in [-0.15, -0.1) is 0 Å². The summed E-state index contributed by atoms with van der Waals surface area (Å²) in [5.74, 6) is 0.862. The summed E-state index contributed by atoms with van der Waals surface area (Å²) < 4.78 is 1.91. The van der Waals surface area contributed by atoms with Gasteiger partial charge in [-0.1, -0.05) is 35.9 Å². The molecule has 0 amide bonds. The Bertz CT molecular complexity index is 485. The Labute approximate surface area is 99.9 Å². The van der Waals surface area contributed by atoms with Gasteiger partial charge in [-0.3, -0.25) is 0 Å². The van der Waals surface area contributed by atoms with Gasteiger partial charge >= 0.3 is 0 Å². The standard InChI is InChI=1S/C12H14ClN3/c1-8(14)9-3-5-10(6-4-9)12-15-11(13)7-16(12)2/h3-8H,14H2,1-2H3. The van der Waals surface area contributed by atoms with Gasteiger partial charge in [-0.05, 0) is 12.5 Å². The molecule has 0 radical (unpaired) electrons. The predicted molar refractivity (Wildman–Crippen MR) is 66.3 cm³/mol. The molecule has 0 spiro atoms. The highest BCUT2D eigenvalue weighted by molar-refractivity contribution is 6.29. The van der Waals surface area contributed by atoms with Crippen LogP contribution in [0.3, 0.4) is 0 Å². The van der Waals surface area contributed by atoms with Gasteiger partial charge in [0, 0.05) is 24.8 Å². The lowest BCUT2D eigenvalue weighted by atomic mass is 10.1. The molecule has 0 aliphatic heterocycles. The van der Waals surface area contributed by atoms with Crippen molar-refractivity contribution >= 4 is 11.6 Å². The fourth-order valence-electron chi connectivity index (χ4n) is 1.63. The van der Waals surface area contributed by atoms with E-state index >= 15 is 0 Å². The van der Waals surface area contributed by atoms with Crippen molar-refractivity contribution in [2.24, 2.45) is 12.8 Å². The van der Waals surface area contributed by atoms with Gasteiger partial charge in [-0.2, -0.15) is 0 Å². The Kier molecular flexibility index (Phi) is 2.99. The zero-order chi connectivity index (χ0) is 11.7. The van der Waals surface area contributed by atoms with E-state index in [0.717, 1.165) is 17.0 Å². The Morgan fingerprint density at radius 1 is 1.31 bits per heavy atom. The van der Waals surface area contributed by atoms with E-state index in [1.807, 2.05) is 42.8 Å². The Hall–Kier alpha value is -1.32. The van der Waals surface area contributed by atoms with Crippen molar-refractivity contribution < 1.29 is 0 Å². The van der Waals surface area contributed by atoms with Crippen LogP contribution in [0.5, 0.6) is 0 Å². The number of hydrogen-bond donors (Lipinski definition) is 1. The van der Waals surface area contributed by atoms with E-state index in [4.69, 9.17) is 17.3 Å². The van der Waals surface area contributed by atoms with Gasteiger partial charge < -0.3 is 10.3 Å². The largest absolute Gasteiger partial charge is 0.332 e. The predicted octanol–water partition coefficient (Wildman–Crippen LogP) is 2.76. The molecule has 2 rings (SSSR count). The van der Waals surface area contributed by atoms with E-state index in [2.05, 4.69) is 4.98 Å². The van der Waals surface area contributed by atoms with Crippen LogP contribution in [-0.4, -0.2) is 9.55 Å². The van der Waals surface area contributed by atoms with Crippen LogP contribution in [0.4, 0.5) is 0 Å². The van der Waals surface area contributed by atoms with E-state index < -0.39 is 0 Å². The molecule has 1 atom stereocenters. The molecule has 2 N–H and O–H groups in total.